The lowest BCUT2D eigenvalue weighted by Crippen LogP contribution is -2.48. The average Bonchev–Trinajstić information content (AvgIpc) is 2.36. The number of halogens is 2. The first kappa shape index (κ1) is 17.5. The summed E-state index contributed by atoms with van der Waals surface area (Å²) in [5.74, 6) is -1.58. The fraction of sp³-hybridized carbons (Fsp3) is 0.333. The Labute approximate surface area is 133 Å². The molecule has 0 aliphatic rings. The molecule has 0 aliphatic carbocycles. The summed E-state index contributed by atoms with van der Waals surface area (Å²) in [5, 5.41) is 12.3. The third-order valence-corrected chi connectivity index (χ3v) is 3.63. The smallest absolute Gasteiger partial charge is 0.326 e. The predicted molar refractivity (Wildman–Crippen MR) is 84.5 cm³/mol. The monoisotopic (exact) mass is 329 g/mol. The van der Waals surface area contributed by atoms with Crippen molar-refractivity contribution in [3.05, 3.63) is 39.9 Å². The molecule has 2 N–H and O–H groups in total. The molecule has 1 aromatic rings. The summed E-state index contributed by atoms with van der Waals surface area (Å²) < 4.78 is 0. The predicted octanol–water partition coefficient (Wildman–Crippen LogP) is 3.62. The number of carboxylic acids is 1. The average molecular weight is 330 g/mol. The van der Waals surface area contributed by atoms with E-state index < -0.39 is 23.3 Å². The van der Waals surface area contributed by atoms with E-state index in [9.17, 15) is 9.59 Å². The van der Waals surface area contributed by atoms with E-state index in [0.29, 0.717) is 15.6 Å². The molecule has 1 atom stereocenters. The summed E-state index contributed by atoms with van der Waals surface area (Å²) >= 11 is 11.9. The molecule has 1 amide bonds. The number of nitrogens with one attached hydrogen (secondary N) is 1. The molecule has 21 heavy (non-hydrogen) atoms. The van der Waals surface area contributed by atoms with Gasteiger partial charge in [0.1, 0.15) is 6.04 Å². The molecular weight excluding hydrogens is 313 g/mol. The number of benzene rings is 1. The molecule has 0 fully saturated rings. The van der Waals surface area contributed by atoms with E-state index >= 15 is 0 Å². The minimum Gasteiger partial charge on any atom is -0.480 e. The number of carbonyl (C=O) groups is 2. The van der Waals surface area contributed by atoms with Gasteiger partial charge in [-0.1, -0.05) is 56.1 Å². The van der Waals surface area contributed by atoms with Crippen molar-refractivity contribution in [1.29, 1.82) is 0 Å². The molecule has 4 nitrogen and oxygen atoms in total. The topological polar surface area (TPSA) is 66.4 Å². The van der Waals surface area contributed by atoms with E-state index in [1.165, 1.54) is 12.2 Å². The highest BCUT2D eigenvalue weighted by Crippen LogP contribution is 2.26. The van der Waals surface area contributed by atoms with Gasteiger partial charge in [-0.05, 0) is 23.1 Å². The molecule has 0 bridgehead atoms. The minimum atomic E-state index is -1.08. The van der Waals surface area contributed by atoms with Gasteiger partial charge in [0.15, 0.2) is 0 Å². The van der Waals surface area contributed by atoms with Gasteiger partial charge in [0, 0.05) is 6.08 Å². The van der Waals surface area contributed by atoms with E-state index in [4.69, 9.17) is 28.3 Å². The number of carboxylic acid groups (broad SMARTS) is 1. The quantitative estimate of drug-likeness (QED) is 0.829. The van der Waals surface area contributed by atoms with Crippen molar-refractivity contribution in [1.82, 2.24) is 5.32 Å². The highest BCUT2D eigenvalue weighted by atomic mass is 35.5. The Morgan fingerprint density at radius 3 is 2.43 bits per heavy atom. The molecule has 114 valence electrons. The molecule has 6 heteroatoms. The van der Waals surface area contributed by atoms with E-state index in [2.05, 4.69) is 5.32 Å². The number of hydrogen-bond acceptors (Lipinski definition) is 2. The Kier molecular flexibility index (Phi) is 5.81. The van der Waals surface area contributed by atoms with Crippen LogP contribution in [0.4, 0.5) is 0 Å². The van der Waals surface area contributed by atoms with Crippen LogP contribution in [0.2, 0.25) is 10.0 Å². The fourth-order valence-corrected chi connectivity index (χ4v) is 2.02. The lowest BCUT2D eigenvalue weighted by molar-refractivity contribution is -0.144. The summed E-state index contributed by atoms with van der Waals surface area (Å²) in [6.45, 7) is 5.22. The summed E-state index contributed by atoms with van der Waals surface area (Å²) in [4.78, 5) is 23.0. The van der Waals surface area contributed by atoms with Crippen LogP contribution in [0.25, 0.3) is 6.08 Å². The highest BCUT2D eigenvalue weighted by molar-refractivity contribution is 6.42. The summed E-state index contributed by atoms with van der Waals surface area (Å²) in [6.07, 6.45) is 2.73. The van der Waals surface area contributed by atoms with Crippen LogP contribution in [-0.2, 0) is 9.59 Å². The van der Waals surface area contributed by atoms with Crippen molar-refractivity contribution in [3.8, 4) is 0 Å². The zero-order valence-electron chi connectivity index (χ0n) is 12.0. The normalized spacial score (nSPS) is 13.2. The van der Waals surface area contributed by atoms with Gasteiger partial charge in [0.25, 0.3) is 0 Å². The first-order chi connectivity index (χ1) is 9.62. The number of rotatable bonds is 4. The molecule has 0 unspecified atom stereocenters. The van der Waals surface area contributed by atoms with E-state index in [0.717, 1.165) is 0 Å². The number of aliphatic carboxylic acids is 1. The van der Waals surface area contributed by atoms with E-state index in [1.807, 2.05) is 0 Å². The van der Waals surface area contributed by atoms with Gasteiger partial charge in [-0.3, -0.25) is 4.79 Å². The fourth-order valence-electron chi connectivity index (χ4n) is 1.65. The second kappa shape index (κ2) is 6.96. The van der Waals surface area contributed by atoms with Crippen molar-refractivity contribution < 1.29 is 14.7 Å². The largest absolute Gasteiger partial charge is 0.480 e. The van der Waals surface area contributed by atoms with Gasteiger partial charge in [-0.15, -0.1) is 0 Å². The number of carbonyl (C=O) groups excluding carboxylic acids is 1. The summed E-state index contributed by atoms with van der Waals surface area (Å²) in [5.41, 5.74) is -0.00907. The second-order valence-corrected chi connectivity index (χ2v) is 6.41. The van der Waals surface area contributed by atoms with Crippen LogP contribution in [0.15, 0.2) is 24.3 Å². The highest BCUT2D eigenvalue weighted by Gasteiger charge is 2.31. The molecule has 1 rings (SSSR count). The third-order valence-electron chi connectivity index (χ3n) is 2.80. The Morgan fingerprint density at radius 2 is 1.90 bits per heavy atom. The van der Waals surface area contributed by atoms with Crippen LogP contribution < -0.4 is 5.32 Å². The summed E-state index contributed by atoms with van der Waals surface area (Å²) in [7, 11) is 0. The van der Waals surface area contributed by atoms with Crippen molar-refractivity contribution in [2.45, 2.75) is 26.8 Å². The van der Waals surface area contributed by atoms with Crippen LogP contribution in [0.3, 0.4) is 0 Å². The molecule has 0 spiro atoms. The summed E-state index contributed by atoms with van der Waals surface area (Å²) in [6, 6.07) is 4.07. The maximum Gasteiger partial charge on any atom is 0.326 e. The first-order valence-corrected chi connectivity index (χ1v) is 7.04. The van der Waals surface area contributed by atoms with Gasteiger partial charge < -0.3 is 10.4 Å². The SMILES string of the molecule is CC(C)(C)[C@H](NC(=O)/C=C/c1cccc(Cl)c1Cl)C(=O)O. The second-order valence-electron chi connectivity index (χ2n) is 5.62. The molecule has 0 aliphatic heterocycles. The molecule has 0 saturated heterocycles. The van der Waals surface area contributed by atoms with E-state index in [1.54, 1.807) is 39.0 Å². The molecule has 0 saturated carbocycles. The Bertz CT molecular complexity index is 577. The molecule has 1 aromatic carbocycles. The lowest BCUT2D eigenvalue weighted by Gasteiger charge is -2.27. The Morgan fingerprint density at radius 1 is 1.29 bits per heavy atom. The lowest BCUT2D eigenvalue weighted by atomic mass is 9.87. The zero-order chi connectivity index (χ0) is 16.2. The Hall–Kier alpha value is -1.52. The molecule has 0 heterocycles. The maximum atomic E-state index is 11.8. The van der Waals surface area contributed by atoms with Crippen LogP contribution in [0.1, 0.15) is 26.3 Å². The van der Waals surface area contributed by atoms with Gasteiger partial charge in [0.05, 0.1) is 10.0 Å². The first-order valence-electron chi connectivity index (χ1n) is 6.28. The molecular formula is C15H17Cl2NO3. The van der Waals surface area contributed by atoms with Crippen molar-refractivity contribution in [3.63, 3.8) is 0 Å². The zero-order valence-corrected chi connectivity index (χ0v) is 13.5. The van der Waals surface area contributed by atoms with Crippen LogP contribution in [0.5, 0.6) is 0 Å². The van der Waals surface area contributed by atoms with Gasteiger partial charge in [0.2, 0.25) is 5.91 Å². The third kappa shape index (κ3) is 5.06. The Balaban J connectivity index is 2.84. The molecule has 0 aromatic heterocycles. The number of amides is 1. The van der Waals surface area contributed by atoms with Crippen LogP contribution in [-0.4, -0.2) is 23.0 Å². The van der Waals surface area contributed by atoms with Crippen molar-refractivity contribution in [2.24, 2.45) is 5.41 Å². The maximum absolute atomic E-state index is 11.8. The van der Waals surface area contributed by atoms with Crippen molar-refractivity contribution in [2.75, 3.05) is 0 Å². The minimum absolute atomic E-state index is 0.342. The van der Waals surface area contributed by atoms with Gasteiger partial charge in [-0.25, -0.2) is 4.79 Å². The van der Waals surface area contributed by atoms with Crippen LogP contribution in [0, 0.1) is 5.41 Å². The van der Waals surface area contributed by atoms with E-state index in [-0.39, 0.29) is 0 Å². The molecule has 0 radical (unpaired) electrons. The van der Waals surface area contributed by atoms with Gasteiger partial charge >= 0.3 is 5.97 Å². The van der Waals surface area contributed by atoms with Gasteiger partial charge in [-0.2, -0.15) is 0 Å². The van der Waals surface area contributed by atoms with Crippen LogP contribution >= 0.6 is 23.2 Å². The van der Waals surface area contributed by atoms with Crippen molar-refractivity contribution >= 4 is 41.2 Å². The standard InChI is InChI=1S/C15H17Cl2NO3/c1-15(2,3)13(14(20)21)18-11(19)8-7-9-5-4-6-10(16)12(9)17/h4-8,13H,1-3H3,(H,18,19)(H,20,21)/b8-7+/t13-/m1/s1. The number of hydrogen-bond donors (Lipinski definition) is 2.